The van der Waals surface area contributed by atoms with E-state index in [4.69, 9.17) is 10.3 Å². The minimum Gasteiger partial charge on any atom is -0.469 e. The van der Waals surface area contributed by atoms with E-state index in [1.54, 1.807) is 0 Å². The Labute approximate surface area is 101 Å². The lowest BCUT2D eigenvalue weighted by Crippen LogP contribution is -2.21. The Hall–Kier alpha value is -1.36. The molecular formula is C12H20N2O3. The minimum absolute atomic E-state index is 0.0955. The Morgan fingerprint density at radius 2 is 2.29 bits per heavy atom. The van der Waals surface area contributed by atoms with E-state index in [-0.39, 0.29) is 11.4 Å². The number of esters is 1. The van der Waals surface area contributed by atoms with E-state index < -0.39 is 0 Å². The summed E-state index contributed by atoms with van der Waals surface area (Å²) >= 11 is 0. The Balaban J connectivity index is 2.62. The molecule has 0 aliphatic carbocycles. The van der Waals surface area contributed by atoms with E-state index in [0.717, 1.165) is 12.1 Å². The second kappa shape index (κ2) is 5.82. The van der Waals surface area contributed by atoms with E-state index >= 15 is 0 Å². The number of nitrogens with two attached hydrogens (primary N) is 1. The lowest BCUT2D eigenvalue weighted by atomic mass is 9.85. The monoisotopic (exact) mass is 240 g/mol. The van der Waals surface area contributed by atoms with Gasteiger partial charge in [-0.2, -0.15) is 0 Å². The Morgan fingerprint density at radius 3 is 2.88 bits per heavy atom. The molecule has 0 aliphatic heterocycles. The van der Waals surface area contributed by atoms with Gasteiger partial charge in [-0.05, 0) is 13.0 Å². The normalized spacial score (nSPS) is 11.5. The zero-order valence-electron chi connectivity index (χ0n) is 10.7. The summed E-state index contributed by atoms with van der Waals surface area (Å²) in [7, 11) is 1.37. The number of carbonyl (C=O) groups is 1. The van der Waals surface area contributed by atoms with Crippen LogP contribution in [0.3, 0.4) is 0 Å². The molecule has 0 aliphatic rings. The highest BCUT2D eigenvalue weighted by atomic mass is 16.5. The Morgan fingerprint density at radius 1 is 1.59 bits per heavy atom. The van der Waals surface area contributed by atoms with Gasteiger partial charge in [-0.25, -0.2) is 0 Å². The highest BCUT2D eigenvalue weighted by Gasteiger charge is 2.24. The molecule has 5 heteroatoms. The molecule has 0 fully saturated rings. The maximum absolute atomic E-state index is 11.0. The Kier molecular flexibility index (Phi) is 4.69. The van der Waals surface area contributed by atoms with Gasteiger partial charge in [0.15, 0.2) is 0 Å². The van der Waals surface area contributed by atoms with Gasteiger partial charge in [0.1, 0.15) is 5.76 Å². The summed E-state index contributed by atoms with van der Waals surface area (Å²) in [6, 6.07) is 1.89. The van der Waals surface area contributed by atoms with Crippen LogP contribution < -0.4 is 5.73 Å². The molecule has 0 spiro atoms. The second-order valence-electron chi connectivity index (χ2n) is 4.68. The minimum atomic E-state index is -0.246. The molecule has 1 aromatic rings. The van der Waals surface area contributed by atoms with E-state index in [2.05, 4.69) is 23.7 Å². The van der Waals surface area contributed by atoms with Crippen LogP contribution in [0.25, 0.3) is 0 Å². The number of rotatable bonds is 6. The van der Waals surface area contributed by atoms with Crippen LogP contribution in [-0.2, 0) is 21.4 Å². The molecule has 0 radical (unpaired) electrons. The fourth-order valence-corrected chi connectivity index (χ4v) is 1.57. The van der Waals surface area contributed by atoms with E-state index in [1.165, 1.54) is 7.11 Å². The van der Waals surface area contributed by atoms with Crippen molar-refractivity contribution in [1.82, 2.24) is 5.16 Å². The van der Waals surface area contributed by atoms with Gasteiger partial charge in [0.05, 0.1) is 19.2 Å². The standard InChI is InChI=1S/C12H20N2O3/c1-12(2,6-7-13)10-8-9(17-14-10)4-5-11(15)16-3/h8H,4-7,13H2,1-3H3. The van der Waals surface area contributed by atoms with E-state index in [1.807, 2.05) is 6.07 Å². The molecule has 0 bridgehead atoms. The predicted octanol–water partition coefficient (Wildman–Crippen LogP) is 1.41. The molecule has 0 saturated carbocycles. The zero-order valence-corrected chi connectivity index (χ0v) is 10.7. The van der Waals surface area contributed by atoms with E-state index in [0.29, 0.717) is 25.1 Å². The summed E-state index contributed by atoms with van der Waals surface area (Å²) < 4.78 is 9.76. The third kappa shape index (κ3) is 3.85. The first-order chi connectivity index (χ1) is 7.99. The number of nitrogens with zero attached hydrogens (tertiary/aromatic N) is 1. The van der Waals surface area contributed by atoms with Crippen molar-refractivity contribution in [3.63, 3.8) is 0 Å². The average Bonchev–Trinajstić information content (AvgIpc) is 2.75. The number of aryl methyl sites for hydroxylation is 1. The molecule has 5 nitrogen and oxygen atoms in total. The lowest BCUT2D eigenvalue weighted by molar-refractivity contribution is -0.140. The number of methoxy groups -OCH3 is 1. The summed E-state index contributed by atoms with van der Waals surface area (Å²) in [5.41, 5.74) is 6.34. The zero-order chi connectivity index (χ0) is 12.9. The fraction of sp³-hybridized carbons (Fsp3) is 0.667. The van der Waals surface area contributed by atoms with Gasteiger partial charge in [0.2, 0.25) is 0 Å². The van der Waals surface area contributed by atoms with Crippen molar-refractivity contribution in [2.75, 3.05) is 13.7 Å². The van der Waals surface area contributed by atoms with Gasteiger partial charge in [-0.3, -0.25) is 4.79 Å². The summed E-state index contributed by atoms with van der Waals surface area (Å²) in [6.07, 6.45) is 1.66. The Bertz CT molecular complexity index is 372. The van der Waals surface area contributed by atoms with Gasteiger partial charge in [0.25, 0.3) is 0 Å². The number of hydrogen-bond donors (Lipinski definition) is 1. The molecule has 0 atom stereocenters. The summed E-state index contributed by atoms with van der Waals surface area (Å²) in [6.45, 7) is 4.75. The fourth-order valence-electron chi connectivity index (χ4n) is 1.57. The molecule has 0 unspecified atom stereocenters. The first-order valence-electron chi connectivity index (χ1n) is 5.72. The first kappa shape index (κ1) is 13.7. The van der Waals surface area contributed by atoms with Crippen LogP contribution in [-0.4, -0.2) is 24.8 Å². The molecule has 17 heavy (non-hydrogen) atoms. The molecule has 1 heterocycles. The third-order valence-electron chi connectivity index (χ3n) is 2.82. The van der Waals surface area contributed by atoms with Crippen LogP contribution in [0.2, 0.25) is 0 Å². The van der Waals surface area contributed by atoms with Crippen LogP contribution >= 0.6 is 0 Å². The van der Waals surface area contributed by atoms with Crippen molar-refractivity contribution >= 4 is 5.97 Å². The van der Waals surface area contributed by atoms with Crippen LogP contribution in [0.15, 0.2) is 10.6 Å². The first-order valence-corrected chi connectivity index (χ1v) is 5.72. The molecule has 1 aromatic heterocycles. The molecule has 96 valence electrons. The van der Waals surface area contributed by atoms with Crippen molar-refractivity contribution in [2.24, 2.45) is 5.73 Å². The molecule has 1 rings (SSSR count). The van der Waals surface area contributed by atoms with Gasteiger partial charge in [-0.15, -0.1) is 0 Å². The van der Waals surface area contributed by atoms with Gasteiger partial charge in [-0.1, -0.05) is 19.0 Å². The highest BCUT2D eigenvalue weighted by molar-refractivity contribution is 5.69. The number of aromatic nitrogens is 1. The quantitative estimate of drug-likeness (QED) is 0.760. The molecule has 2 N–H and O–H groups in total. The summed E-state index contributed by atoms with van der Waals surface area (Å²) in [4.78, 5) is 11.0. The van der Waals surface area contributed by atoms with Crippen molar-refractivity contribution < 1.29 is 14.1 Å². The van der Waals surface area contributed by atoms with Gasteiger partial charge >= 0.3 is 5.97 Å². The maximum Gasteiger partial charge on any atom is 0.305 e. The SMILES string of the molecule is COC(=O)CCc1cc(C(C)(C)CCN)no1. The highest BCUT2D eigenvalue weighted by Crippen LogP contribution is 2.26. The van der Waals surface area contributed by atoms with Gasteiger partial charge < -0.3 is 15.0 Å². The van der Waals surface area contributed by atoms with Crippen molar-refractivity contribution in [1.29, 1.82) is 0 Å². The average molecular weight is 240 g/mol. The van der Waals surface area contributed by atoms with Crippen LogP contribution in [0.5, 0.6) is 0 Å². The molecule has 0 amide bonds. The van der Waals surface area contributed by atoms with Gasteiger partial charge in [0, 0.05) is 17.9 Å². The largest absolute Gasteiger partial charge is 0.469 e. The second-order valence-corrected chi connectivity index (χ2v) is 4.68. The molecule has 0 saturated heterocycles. The summed E-state index contributed by atoms with van der Waals surface area (Å²) in [5.74, 6) is 0.458. The molecular weight excluding hydrogens is 220 g/mol. The van der Waals surface area contributed by atoms with Crippen molar-refractivity contribution in [3.05, 3.63) is 17.5 Å². The molecule has 0 aromatic carbocycles. The maximum atomic E-state index is 11.0. The lowest BCUT2D eigenvalue weighted by Gasteiger charge is -2.19. The smallest absolute Gasteiger partial charge is 0.305 e. The van der Waals surface area contributed by atoms with Crippen LogP contribution in [0.1, 0.15) is 38.1 Å². The number of carbonyl (C=O) groups excluding carboxylic acids is 1. The van der Waals surface area contributed by atoms with Crippen molar-refractivity contribution in [3.8, 4) is 0 Å². The number of ether oxygens (including phenoxy) is 1. The topological polar surface area (TPSA) is 78.4 Å². The predicted molar refractivity (Wildman–Crippen MR) is 63.5 cm³/mol. The van der Waals surface area contributed by atoms with Crippen molar-refractivity contribution in [2.45, 2.75) is 38.5 Å². The van der Waals surface area contributed by atoms with Crippen LogP contribution in [0, 0.1) is 0 Å². The summed E-state index contributed by atoms with van der Waals surface area (Å²) in [5, 5.41) is 4.03. The third-order valence-corrected chi connectivity index (χ3v) is 2.82. The number of hydrogen-bond acceptors (Lipinski definition) is 5. The van der Waals surface area contributed by atoms with E-state index in [9.17, 15) is 4.79 Å². The van der Waals surface area contributed by atoms with Crippen LogP contribution in [0.4, 0.5) is 0 Å².